The van der Waals surface area contributed by atoms with Crippen molar-refractivity contribution < 1.29 is 9.32 Å². The summed E-state index contributed by atoms with van der Waals surface area (Å²) in [6.07, 6.45) is 3.73. The molecular formula is C26H29N5O2. The second-order valence-electron chi connectivity index (χ2n) is 9.30. The fourth-order valence-corrected chi connectivity index (χ4v) is 3.57. The van der Waals surface area contributed by atoms with Crippen LogP contribution >= 0.6 is 0 Å². The molecule has 33 heavy (non-hydrogen) atoms. The smallest absolute Gasteiger partial charge is 0.254 e. The minimum absolute atomic E-state index is 0.0840. The van der Waals surface area contributed by atoms with E-state index in [1.54, 1.807) is 18.1 Å². The molecule has 0 fully saturated rings. The van der Waals surface area contributed by atoms with E-state index in [1.165, 1.54) is 5.56 Å². The van der Waals surface area contributed by atoms with E-state index in [2.05, 4.69) is 52.6 Å². The SMILES string of the molecule is Cc1nccn1Cc1ccc(C(=O)N(C)Cc2nc(-c3ccc(C(C)(C)C)cc3)no2)cc1. The zero-order valence-electron chi connectivity index (χ0n) is 19.7. The lowest BCUT2D eigenvalue weighted by atomic mass is 9.87. The number of aromatic nitrogens is 4. The van der Waals surface area contributed by atoms with Crippen molar-refractivity contribution in [2.75, 3.05) is 7.05 Å². The third kappa shape index (κ3) is 5.19. The fourth-order valence-electron chi connectivity index (χ4n) is 3.57. The van der Waals surface area contributed by atoms with Gasteiger partial charge < -0.3 is 14.0 Å². The molecule has 0 saturated carbocycles. The summed E-state index contributed by atoms with van der Waals surface area (Å²) in [4.78, 5) is 23.1. The summed E-state index contributed by atoms with van der Waals surface area (Å²) in [5.41, 5.74) is 3.93. The Balaban J connectivity index is 1.39. The number of rotatable bonds is 6. The van der Waals surface area contributed by atoms with Crippen molar-refractivity contribution in [3.8, 4) is 11.4 Å². The molecule has 0 atom stereocenters. The minimum atomic E-state index is -0.102. The summed E-state index contributed by atoms with van der Waals surface area (Å²) < 4.78 is 7.46. The van der Waals surface area contributed by atoms with Crippen LogP contribution in [-0.2, 0) is 18.5 Å². The van der Waals surface area contributed by atoms with Crippen molar-refractivity contribution in [1.29, 1.82) is 0 Å². The molecule has 4 aromatic rings. The number of carbonyl (C=O) groups is 1. The van der Waals surface area contributed by atoms with E-state index < -0.39 is 0 Å². The van der Waals surface area contributed by atoms with Gasteiger partial charge in [-0.15, -0.1) is 0 Å². The van der Waals surface area contributed by atoms with Crippen LogP contribution in [0.25, 0.3) is 11.4 Å². The number of imidazole rings is 1. The summed E-state index contributed by atoms with van der Waals surface area (Å²) in [6, 6.07) is 15.8. The van der Waals surface area contributed by atoms with Crippen LogP contribution in [0.3, 0.4) is 0 Å². The first-order valence-corrected chi connectivity index (χ1v) is 11.0. The molecule has 0 bridgehead atoms. The van der Waals surface area contributed by atoms with Gasteiger partial charge in [0, 0.05) is 37.1 Å². The highest BCUT2D eigenvalue weighted by Crippen LogP contribution is 2.25. The third-order valence-electron chi connectivity index (χ3n) is 5.67. The summed E-state index contributed by atoms with van der Waals surface area (Å²) in [5.74, 6) is 1.77. The molecule has 0 unspecified atom stereocenters. The molecule has 2 aromatic heterocycles. The lowest BCUT2D eigenvalue weighted by molar-refractivity contribution is 0.0769. The third-order valence-corrected chi connectivity index (χ3v) is 5.67. The molecule has 7 heteroatoms. The molecule has 0 spiro atoms. The van der Waals surface area contributed by atoms with Crippen LogP contribution in [0.1, 0.15) is 54.0 Å². The molecule has 2 heterocycles. The fraction of sp³-hybridized carbons (Fsp3) is 0.308. The summed E-state index contributed by atoms with van der Waals surface area (Å²) in [6.45, 7) is 9.46. The Kier molecular flexibility index (Phi) is 6.14. The number of hydrogen-bond acceptors (Lipinski definition) is 5. The summed E-state index contributed by atoms with van der Waals surface area (Å²) in [7, 11) is 1.73. The van der Waals surface area contributed by atoms with Gasteiger partial charge in [-0.2, -0.15) is 4.98 Å². The molecule has 4 rings (SSSR count). The molecule has 0 aliphatic heterocycles. The van der Waals surface area contributed by atoms with E-state index in [9.17, 15) is 4.79 Å². The molecule has 0 aliphatic rings. The lowest BCUT2D eigenvalue weighted by Crippen LogP contribution is -2.26. The van der Waals surface area contributed by atoms with Gasteiger partial charge in [-0.3, -0.25) is 4.79 Å². The molecule has 0 radical (unpaired) electrons. The first-order chi connectivity index (χ1) is 15.7. The van der Waals surface area contributed by atoms with Crippen LogP contribution in [0.5, 0.6) is 0 Å². The van der Waals surface area contributed by atoms with Gasteiger partial charge in [0.05, 0.1) is 6.54 Å². The predicted octanol–water partition coefficient (Wildman–Crippen LogP) is 4.86. The van der Waals surface area contributed by atoms with E-state index in [0.29, 0.717) is 17.3 Å². The Morgan fingerprint density at radius 2 is 1.76 bits per heavy atom. The van der Waals surface area contributed by atoms with Crippen molar-refractivity contribution in [1.82, 2.24) is 24.6 Å². The molecular weight excluding hydrogens is 414 g/mol. The van der Waals surface area contributed by atoms with Crippen LogP contribution in [0, 0.1) is 6.92 Å². The zero-order chi connectivity index (χ0) is 23.6. The Labute approximate surface area is 194 Å². The number of carbonyl (C=O) groups excluding carboxylic acids is 1. The Bertz CT molecular complexity index is 1230. The van der Waals surface area contributed by atoms with Gasteiger partial charge in [0.15, 0.2) is 0 Å². The monoisotopic (exact) mass is 443 g/mol. The Morgan fingerprint density at radius 3 is 2.36 bits per heavy atom. The van der Waals surface area contributed by atoms with E-state index in [-0.39, 0.29) is 17.9 Å². The summed E-state index contributed by atoms with van der Waals surface area (Å²) >= 11 is 0. The predicted molar refractivity (Wildman–Crippen MR) is 127 cm³/mol. The lowest BCUT2D eigenvalue weighted by Gasteiger charge is -2.18. The van der Waals surface area contributed by atoms with E-state index in [1.807, 2.05) is 49.5 Å². The second kappa shape index (κ2) is 9.02. The standard InChI is InChI=1S/C26H29N5O2/c1-18-27-14-15-31(18)16-19-6-8-21(9-7-19)25(32)30(5)17-23-28-24(29-33-23)20-10-12-22(13-11-20)26(2,3)4/h6-15H,16-17H2,1-5H3. The van der Waals surface area contributed by atoms with E-state index in [0.717, 1.165) is 23.5 Å². The van der Waals surface area contributed by atoms with Crippen molar-refractivity contribution in [2.24, 2.45) is 0 Å². The first kappa shape index (κ1) is 22.5. The molecule has 0 saturated heterocycles. The average Bonchev–Trinajstić information content (AvgIpc) is 3.42. The highest BCUT2D eigenvalue weighted by Gasteiger charge is 2.17. The van der Waals surface area contributed by atoms with Crippen molar-refractivity contribution in [3.05, 3.63) is 89.3 Å². The quantitative estimate of drug-likeness (QED) is 0.425. The zero-order valence-corrected chi connectivity index (χ0v) is 19.7. The largest absolute Gasteiger partial charge is 0.337 e. The van der Waals surface area contributed by atoms with Crippen molar-refractivity contribution in [3.63, 3.8) is 0 Å². The van der Waals surface area contributed by atoms with Gasteiger partial charge in [0.1, 0.15) is 5.82 Å². The molecule has 2 aromatic carbocycles. The van der Waals surface area contributed by atoms with Crippen LogP contribution in [0.2, 0.25) is 0 Å². The topological polar surface area (TPSA) is 77.1 Å². The second-order valence-corrected chi connectivity index (χ2v) is 9.30. The highest BCUT2D eigenvalue weighted by atomic mass is 16.5. The van der Waals surface area contributed by atoms with Crippen LogP contribution in [-0.4, -0.2) is 37.5 Å². The highest BCUT2D eigenvalue weighted by molar-refractivity contribution is 5.94. The normalized spacial score (nSPS) is 11.5. The van der Waals surface area contributed by atoms with E-state index in [4.69, 9.17) is 4.52 Å². The number of aryl methyl sites for hydroxylation is 1. The number of hydrogen-bond donors (Lipinski definition) is 0. The Morgan fingerprint density at radius 1 is 1.06 bits per heavy atom. The van der Waals surface area contributed by atoms with Gasteiger partial charge in [-0.1, -0.05) is 62.3 Å². The van der Waals surface area contributed by atoms with Crippen LogP contribution in [0.4, 0.5) is 0 Å². The maximum atomic E-state index is 12.9. The minimum Gasteiger partial charge on any atom is -0.337 e. The number of amides is 1. The van der Waals surface area contributed by atoms with Gasteiger partial charge in [0.2, 0.25) is 11.7 Å². The number of nitrogens with zero attached hydrogens (tertiary/aromatic N) is 5. The maximum absolute atomic E-state index is 12.9. The van der Waals surface area contributed by atoms with Crippen LogP contribution in [0.15, 0.2) is 65.4 Å². The average molecular weight is 444 g/mol. The molecule has 0 aliphatic carbocycles. The van der Waals surface area contributed by atoms with Crippen LogP contribution < -0.4 is 0 Å². The first-order valence-electron chi connectivity index (χ1n) is 11.0. The Hall–Kier alpha value is -3.74. The van der Waals surface area contributed by atoms with E-state index >= 15 is 0 Å². The van der Waals surface area contributed by atoms with Crippen molar-refractivity contribution in [2.45, 2.75) is 46.2 Å². The van der Waals surface area contributed by atoms with Gasteiger partial charge in [0.25, 0.3) is 5.91 Å². The van der Waals surface area contributed by atoms with Gasteiger partial charge in [-0.05, 0) is 35.6 Å². The number of benzene rings is 2. The molecule has 0 N–H and O–H groups in total. The van der Waals surface area contributed by atoms with Gasteiger partial charge in [-0.25, -0.2) is 4.98 Å². The van der Waals surface area contributed by atoms with Crippen molar-refractivity contribution >= 4 is 5.91 Å². The molecule has 7 nitrogen and oxygen atoms in total. The maximum Gasteiger partial charge on any atom is 0.254 e. The summed E-state index contributed by atoms with van der Waals surface area (Å²) in [5, 5.41) is 4.09. The molecule has 1 amide bonds. The molecule has 170 valence electrons. The van der Waals surface area contributed by atoms with Gasteiger partial charge >= 0.3 is 0 Å².